The monoisotopic (exact) mass is 464 g/mol. The average Bonchev–Trinajstić information content (AvgIpc) is 3.44. The minimum absolute atomic E-state index is 0.0228. The van der Waals surface area contributed by atoms with Crippen LogP contribution in [0.2, 0.25) is 0 Å². The molecule has 0 aliphatic carbocycles. The number of H-pyrrole nitrogens is 2. The quantitative estimate of drug-likeness (QED) is 0.365. The molecule has 1 fully saturated rings. The van der Waals surface area contributed by atoms with E-state index in [0.717, 1.165) is 76.5 Å². The fourth-order valence-corrected chi connectivity index (χ4v) is 5.13. The van der Waals surface area contributed by atoms with Gasteiger partial charge in [-0.15, -0.1) is 0 Å². The van der Waals surface area contributed by atoms with Crippen LogP contribution in [0.25, 0.3) is 44.6 Å². The van der Waals surface area contributed by atoms with Gasteiger partial charge in [0.2, 0.25) is 0 Å². The zero-order chi connectivity index (χ0) is 24.1. The van der Waals surface area contributed by atoms with Gasteiger partial charge in [-0.3, -0.25) is 9.78 Å². The SMILES string of the molecule is CC(=O)c1c(C)[nH]c(-c2nc3cc(N4CCN(C)CC4)ccc3[nH]2)c1-c1ccc2cccnc2c1. The molecule has 0 radical (unpaired) electrons. The molecule has 0 bridgehead atoms. The number of pyridine rings is 1. The summed E-state index contributed by atoms with van der Waals surface area (Å²) in [4.78, 5) is 33.9. The number of anilines is 1. The van der Waals surface area contributed by atoms with Gasteiger partial charge in [-0.1, -0.05) is 18.2 Å². The maximum Gasteiger partial charge on any atom is 0.162 e. The number of Topliss-reactive ketones (excluding diaryl/α,β-unsaturated/α-hetero) is 1. The average molecular weight is 465 g/mol. The number of aromatic amines is 2. The summed E-state index contributed by atoms with van der Waals surface area (Å²) in [7, 11) is 2.16. The van der Waals surface area contributed by atoms with E-state index in [1.807, 2.05) is 25.1 Å². The Labute approximate surface area is 203 Å². The van der Waals surface area contributed by atoms with E-state index in [0.29, 0.717) is 5.56 Å². The zero-order valence-corrected chi connectivity index (χ0v) is 20.2. The van der Waals surface area contributed by atoms with Crippen molar-refractivity contribution in [1.29, 1.82) is 0 Å². The molecule has 0 spiro atoms. The van der Waals surface area contributed by atoms with Gasteiger partial charge in [0.1, 0.15) is 0 Å². The normalized spacial score (nSPS) is 14.8. The predicted molar refractivity (Wildman–Crippen MR) is 141 cm³/mol. The summed E-state index contributed by atoms with van der Waals surface area (Å²) in [6, 6.07) is 16.5. The number of nitrogens with one attached hydrogen (secondary N) is 2. The van der Waals surface area contributed by atoms with E-state index in [2.05, 4.69) is 62.1 Å². The summed E-state index contributed by atoms with van der Waals surface area (Å²) in [5.41, 5.74) is 8.12. The third kappa shape index (κ3) is 3.78. The number of rotatable bonds is 4. The highest BCUT2D eigenvalue weighted by Gasteiger charge is 2.23. The van der Waals surface area contributed by atoms with Crippen molar-refractivity contribution in [2.75, 3.05) is 38.1 Å². The lowest BCUT2D eigenvalue weighted by Gasteiger charge is -2.34. The van der Waals surface area contributed by atoms with Crippen LogP contribution in [-0.2, 0) is 0 Å². The first-order valence-corrected chi connectivity index (χ1v) is 12.0. The van der Waals surface area contributed by atoms with Crippen molar-refractivity contribution < 1.29 is 4.79 Å². The fraction of sp³-hybridized carbons (Fsp3) is 0.250. The molecule has 176 valence electrons. The maximum absolute atomic E-state index is 12.7. The summed E-state index contributed by atoms with van der Waals surface area (Å²) < 4.78 is 0. The van der Waals surface area contributed by atoms with Crippen LogP contribution in [0.5, 0.6) is 0 Å². The van der Waals surface area contributed by atoms with Gasteiger partial charge in [-0.25, -0.2) is 4.98 Å². The number of nitrogens with zero attached hydrogens (tertiary/aromatic N) is 4. The molecule has 4 heterocycles. The van der Waals surface area contributed by atoms with Crippen LogP contribution >= 0.6 is 0 Å². The Morgan fingerprint density at radius 2 is 1.80 bits per heavy atom. The molecule has 1 aliphatic rings. The van der Waals surface area contributed by atoms with Gasteiger partial charge in [0, 0.05) is 60.3 Å². The number of hydrogen-bond acceptors (Lipinski definition) is 5. The van der Waals surface area contributed by atoms with Gasteiger partial charge in [0.15, 0.2) is 11.6 Å². The van der Waals surface area contributed by atoms with Gasteiger partial charge in [-0.2, -0.15) is 0 Å². The van der Waals surface area contributed by atoms with Crippen LogP contribution in [0.1, 0.15) is 23.0 Å². The molecular weight excluding hydrogens is 436 g/mol. The minimum Gasteiger partial charge on any atom is -0.369 e. The molecule has 7 heteroatoms. The first-order chi connectivity index (χ1) is 17.0. The summed E-state index contributed by atoms with van der Waals surface area (Å²) in [5, 5.41) is 1.06. The number of piperazine rings is 1. The lowest BCUT2D eigenvalue weighted by molar-refractivity contribution is 0.101. The maximum atomic E-state index is 12.7. The lowest BCUT2D eigenvalue weighted by Crippen LogP contribution is -2.44. The van der Waals surface area contributed by atoms with E-state index in [1.54, 1.807) is 13.1 Å². The Hall–Kier alpha value is -3.97. The van der Waals surface area contributed by atoms with E-state index in [9.17, 15) is 4.79 Å². The van der Waals surface area contributed by atoms with Crippen LogP contribution in [0.4, 0.5) is 5.69 Å². The van der Waals surface area contributed by atoms with E-state index < -0.39 is 0 Å². The Bertz CT molecular complexity index is 1570. The second kappa shape index (κ2) is 8.36. The molecule has 6 rings (SSSR count). The number of hydrogen-bond donors (Lipinski definition) is 2. The van der Waals surface area contributed by atoms with Gasteiger partial charge >= 0.3 is 0 Å². The third-order valence-corrected chi connectivity index (χ3v) is 7.01. The molecule has 35 heavy (non-hydrogen) atoms. The van der Waals surface area contributed by atoms with Crippen molar-refractivity contribution in [2.24, 2.45) is 0 Å². The summed E-state index contributed by atoms with van der Waals surface area (Å²) >= 11 is 0. The second-order valence-electron chi connectivity index (χ2n) is 9.42. The molecule has 0 unspecified atom stereocenters. The van der Waals surface area contributed by atoms with Crippen molar-refractivity contribution in [3.63, 3.8) is 0 Å². The molecule has 5 aromatic rings. The molecule has 7 nitrogen and oxygen atoms in total. The predicted octanol–water partition coefficient (Wildman–Crippen LogP) is 5.04. The van der Waals surface area contributed by atoms with Gasteiger partial charge in [0.05, 0.1) is 22.2 Å². The molecule has 1 aliphatic heterocycles. The number of aromatic nitrogens is 4. The molecule has 2 N–H and O–H groups in total. The minimum atomic E-state index is 0.0228. The first-order valence-electron chi connectivity index (χ1n) is 12.0. The van der Waals surface area contributed by atoms with Crippen molar-refractivity contribution in [2.45, 2.75) is 13.8 Å². The second-order valence-corrected chi connectivity index (χ2v) is 9.42. The van der Waals surface area contributed by atoms with Crippen molar-refractivity contribution in [1.82, 2.24) is 24.8 Å². The number of aryl methyl sites for hydroxylation is 1. The molecule has 2 aromatic carbocycles. The van der Waals surface area contributed by atoms with E-state index in [1.165, 1.54) is 5.69 Å². The third-order valence-electron chi connectivity index (χ3n) is 7.01. The van der Waals surface area contributed by atoms with Crippen LogP contribution in [0.3, 0.4) is 0 Å². The molecule has 0 atom stereocenters. The van der Waals surface area contributed by atoms with Crippen LogP contribution in [0, 0.1) is 6.92 Å². The van der Waals surface area contributed by atoms with Gasteiger partial charge in [0.25, 0.3) is 0 Å². The van der Waals surface area contributed by atoms with E-state index in [4.69, 9.17) is 4.98 Å². The largest absolute Gasteiger partial charge is 0.369 e. The zero-order valence-electron chi connectivity index (χ0n) is 20.2. The number of likely N-dealkylation sites (N-methyl/N-ethyl adjacent to an activating group) is 1. The number of benzene rings is 2. The highest BCUT2D eigenvalue weighted by molar-refractivity contribution is 6.06. The highest BCUT2D eigenvalue weighted by atomic mass is 16.1. The summed E-state index contributed by atoms with van der Waals surface area (Å²) in [6.07, 6.45) is 1.79. The van der Waals surface area contributed by atoms with Crippen LogP contribution < -0.4 is 4.90 Å². The summed E-state index contributed by atoms with van der Waals surface area (Å²) in [6.45, 7) is 7.70. The molecule has 1 saturated heterocycles. The van der Waals surface area contributed by atoms with Crippen LogP contribution in [0.15, 0.2) is 54.7 Å². The highest BCUT2D eigenvalue weighted by Crippen LogP contribution is 2.38. The van der Waals surface area contributed by atoms with E-state index >= 15 is 0 Å². The van der Waals surface area contributed by atoms with E-state index in [-0.39, 0.29) is 5.78 Å². The smallest absolute Gasteiger partial charge is 0.162 e. The number of imidazole rings is 1. The lowest BCUT2D eigenvalue weighted by atomic mass is 9.96. The standard InChI is InChI=1S/C28H28N6O/c1-17-25(18(2)35)26(20-7-6-19-5-4-10-29-23(19)15-20)27(30-17)28-31-22-9-8-21(16-24(22)32-28)34-13-11-33(3)12-14-34/h4-10,15-16,30H,11-14H2,1-3H3,(H,31,32). The number of ketones is 1. The molecule has 0 saturated carbocycles. The molecule has 0 amide bonds. The Balaban J connectivity index is 1.47. The van der Waals surface area contributed by atoms with Crippen molar-refractivity contribution >= 4 is 33.4 Å². The number of fused-ring (bicyclic) bond motifs is 2. The summed E-state index contributed by atoms with van der Waals surface area (Å²) in [5.74, 6) is 0.747. The first kappa shape index (κ1) is 21.6. The number of carbonyl (C=O) groups excluding carboxylic acids is 1. The number of carbonyl (C=O) groups is 1. The van der Waals surface area contributed by atoms with Gasteiger partial charge < -0.3 is 19.8 Å². The Kier molecular flexibility index (Phi) is 5.15. The molecular formula is C28H28N6O. The van der Waals surface area contributed by atoms with Gasteiger partial charge in [-0.05, 0) is 56.8 Å². The Morgan fingerprint density at radius 3 is 2.60 bits per heavy atom. The topological polar surface area (TPSA) is 80.9 Å². The van der Waals surface area contributed by atoms with Crippen LogP contribution in [-0.4, -0.2) is 63.8 Å². The van der Waals surface area contributed by atoms with Crippen molar-refractivity contribution in [3.8, 4) is 22.6 Å². The fourth-order valence-electron chi connectivity index (χ4n) is 5.13. The molecule has 3 aromatic heterocycles. The van der Waals surface area contributed by atoms with Crippen molar-refractivity contribution in [3.05, 3.63) is 66.0 Å². The Morgan fingerprint density at radius 1 is 0.971 bits per heavy atom.